The van der Waals surface area contributed by atoms with Crippen molar-refractivity contribution < 1.29 is 27.5 Å². The Hall–Kier alpha value is -3.08. The quantitative estimate of drug-likeness (QED) is 0.672. The number of aromatic nitrogens is 2. The van der Waals surface area contributed by atoms with Crippen LogP contribution in [0.25, 0.3) is 0 Å². The van der Waals surface area contributed by atoms with Crippen molar-refractivity contribution in [3.05, 3.63) is 30.0 Å². The summed E-state index contributed by atoms with van der Waals surface area (Å²) in [5.41, 5.74) is 0.451. The molecule has 2 aromatic rings. The molecular formula is C18H22N4O6S. The number of nitrogens with zero attached hydrogens (tertiary/aromatic N) is 3. The lowest BCUT2D eigenvalue weighted by Gasteiger charge is -2.19. The number of ether oxygens (including phenoxy) is 2. The maximum atomic E-state index is 13.1. The molecule has 0 radical (unpaired) electrons. The maximum Gasteiger partial charge on any atom is 0.343 e. The number of carbonyl (C=O) groups excluding carboxylic acids is 2. The molecule has 1 aliphatic heterocycles. The van der Waals surface area contributed by atoms with Gasteiger partial charge in [0.05, 0.1) is 19.9 Å². The van der Waals surface area contributed by atoms with E-state index in [1.54, 1.807) is 13.0 Å². The van der Waals surface area contributed by atoms with Crippen LogP contribution in [0.3, 0.4) is 0 Å². The minimum atomic E-state index is -4.17. The molecule has 1 fully saturated rings. The first-order valence-electron chi connectivity index (χ1n) is 8.98. The van der Waals surface area contributed by atoms with Crippen molar-refractivity contribution in [2.24, 2.45) is 7.05 Å². The Bertz CT molecular complexity index is 1050. The Labute approximate surface area is 168 Å². The Balaban J connectivity index is 2.01. The van der Waals surface area contributed by atoms with Gasteiger partial charge in [-0.2, -0.15) is 5.10 Å². The lowest BCUT2D eigenvalue weighted by atomic mass is 10.3. The molecule has 29 heavy (non-hydrogen) atoms. The Morgan fingerprint density at radius 1 is 1.34 bits per heavy atom. The summed E-state index contributed by atoms with van der Waals surface area (Å²) in [6.45, 7) is 2.31. The summed E-state index contributed by atoms with van der Waals surface area (Å²) in [6.07, 6.45) is 2.36. The first-order chi connectivity index (χ1) is 13.8. The maximum absolute atomic E-state index is 13.1. The van der Waals surface area contributed by atoms with E-state index in [0.29, 0.717) is 25.1 Å². The zero-order valence-electron chi connectivity index (χ0n) is 16.3. The number of aryl methyl sites for hydroxylation is 1. The highest BCUT2D eigenvalue weighted by atomic mass is 32.2. The summed E-state index contributed by atoms with van der Waals surface area (Å²) in [6, 6.07) is 4.50. The van der Waals surface area contributed by atoms with Gasteiger partial charge in [0, 0.05) is 25.7 Å². The van der Waals surface area contributed by atoms with Gasteiger partial charge in [0.25, 0.3) is 10.0 Å². The minimum absolute atomic E-state index is 0.0113. The average molecular weight is 422 g/mol. The van der Waals surface area contributed by atoms with E-state index in [2.05, 4.69) is 9.82 Å². The zero-order valence-corrected chi connectivity index (χ0v) is 17.2. The second-order valence-corrected chi connectivity index (χ2v) is 7.99. The second kappa shape index (κ2) is 8.11. The van der Waals surface area contributed by atoms with Crippen molar-refractivity contribution in [3.63, 3.8) is 0 Å². The fraction of sp³-hybridized carbons (Fsp3) is 0.389. The van der Waals surface area contributed by atoms with Gasteiger partial charge in [-0.15, -0.1) is 0 Å². The van der Waals surface area contributed by atoms with Crippen LogP contribution in [0.2, 0.25) is 0 Å². The van der Waals surface area contributed by atoms with E-state index in [4.69, 9.17) is 9.47 Å². The molecule has 2 heterocycles. The Morgan fingerprint density at radius 3 is 2.72 bits per heavy atom. The zero-order chi connectivity index (χ0) is 21.2. The number of sulfonamides is 1. The summed E-state index contributed by atoms with van der Waals surface area (Å²) >= 11 is 0. The number of nitrogens with one attached hydrogen (secondary N) is 1. The Kier molecular flexibility index (Phi) is 5.78. The molecule has 1 aromatic carbocycles. The van der Waals surface area contributed by atoms with Crippen LogP contribution in [0.15, 0.2) is 29.3 Å². The standard InChI is InChI=1S/C18H22N4O6S/c1-4-28-18(24)13-11-19-21(2)17(13)20-29(25,26)15-10-12(7-8-14(15)27-3)22-9-5-6-16(22)23/h7-8,10-11,20H,4-6,9H2,1-3H3. The van der Waals surface area contributed by atoms with Crippen LogP contribution in [0.1, 0.15) is 30.1 Å². The number of anilines is 2. The van der Waals surface area contributed by atoms with E-state index in [-0.39, 0.29) is 34.5 Å². The van der Waals surface area contributed by atoms with Crippen LogP contribution in [0, 0.1) is 0 Å². The summed E-state index contributed by atoms with van der Waals surface area (Å²) in [4.78, 5) is 25.5. The van der Waals surface area contributed by atoms with E-state index in [1.165, 1.54) is 42.1 Å². The van der Waals surface area contributed by atoms with Gasteiger partial charge in [0.2, 0.25) is 5.91 Å². The van der Waals surface area contributed by atoms with Crippen molar-refractivity contribution in [2.75, 3.05) is 29.9 Å². The lowest BCUT2D eigenvalue weighted by Crippen LogP contribution is -2.24. The molecule has 0 unspecified atom stereocenters. The molecule has 10 nitrogen and oxygen atoms in total. The molecule has 0 spiro atoms. The van der Waals surface area contributed by atoms with Crippen LogP contribution < -0.4 is 14.4 Å². The van der Waals surface area contributed by atoms with Crippen LogP contribution in [-0.2, 0) is 26.6 Å². The van der Waals surface area contributed by atoms with Crippen molar-refractivity contribution in [2.45, 2.75) is 24.7 Å². The second-order valence-electron chi connectivity index (χ2n) is 6.34. The van der Waals surface area contributed by atoms with Crippen molar-refractivity contribution in [3.8, 4) is 5.75 Å². The van der Waals surface area contributed by atoms with Crippen molar-refractivity contribution in [1.29, 1.82) is 0 Å². The summed E-state index contributed by atoms with van der Waals surface area (Å²) in [5.74, 6) is -0.690. The molecule has 0 saturated carbocycles. The molecule has 3 rings (SSSR count). The molecule has 0 atom stereocenters. The average Bonchev–Trinajstić information content (AvgIpc) is 3.27. The van der Waals surface area contributed by atoms with Gasteiger partial charge in [-0.05, 0) is 31.5 Å². The molecule has 1 aliphatic rings. The minimum Gasteiger partial charge on any atom is -0.495 e. The van der Waals surface area contributed by atoms with Gasteiger partial charge in [-0.3, -0.25) is 14.2 Å². The van der Waals surface area contributed by atoms with Gasteiger partial charge in [-0.25, -0.2) is 13.2 Å². The van der Waals surface area contributed by atoms with Gasteiger partial charge in [0.1, 0.15) is 16.2 Å². The molecular weight excluding hydrogens is 400 g/mol. The summed E-state index contributed by atoms with van der Waals surface area (Å²) in [7, 11) is -1.32. The van der Waals surface area contributed by atoms with E-state index in [0.717, 1.165) is 0 Å². The van der Waals surface area contributed by atoms with Crippen LogP contribution >= 0.6 is 0 Å². The SMILES string of the molecule is CCOC(=O)c1cnn(C)c1NS(=O)(=O)c1cc(N2CCCC2=O)ccc1OC. The van der Waals surface area contributed by atoms with E-state index < -0.39 is 16.0 Å². The number of amides is 1. The van der Waals surface area contributed by atoms with Crippen molar-refractivity contribution in [1.82, 2.24) is 9.78 Å². The molecule has 1 N–H and O–H groups in total. The number of hydrogen-bond donors (Lipinski definition) is 1. The monoisotopic (exact) mass is 422 g/mol. The fourth-order valence-electron chi connectivity index (χ4n) is 3.06. The summed E-state index contributed by atoms with van der Waals surface area (Å²) in [5, 5.41) is 3.94. The molecule has 1 amide bonds. The van der Waals surface area contributed by atoms with Gasteiger partial charge in [-0.1, -0.05) is 0 Å². The predicted molar refractivity (Wildman–Crippen MR) is 105 cm³/mol. The fourth-order valence-corrected chi connectivity index (χ4v) is 4.36. The number of rotatable bonds is 7. The molecule has 1 saturated heterocycles. The van der Waals surface area contributed by atoms with Gasteiger partial charge < -0.3 is 14.4 Å². The van der Waals surface area contributed by atoms with E-state index >= 15 is 0 Å². The number of hydrogen-bond acceptors (Lipinski definition) is 7. The highest BCUT2D eigenvalue weighted by Gasteiger charge is 2.28. The first-order valence-corrected chi connectivity index (χ1v) is 10.5. The van der Waals surface area contributed by atoms with Gasteiger partial charge >= 0.3 is 5.97 Å². The third-order valence-electron chi connectivity index (χ3n) is 4.49. The highest BCUT2D eigenvalue weighted by molar-refractivity contribution is 7.92. The molecule has 0 aliphatic carbocycles. The summed E-state index contributed by atoms with van der Waals surface area (Å²) < 4.78 is 40.0. The highest BCUT2D eigenvalue weighted by Crippen LogP contribution is 2.32. The van der Waals surface area contributed by atoms with Crippen LogP contribution in [0.4, 0.5) is 11.5 Å². The Morgan fingerprint density at radius 2 is 2.10 bits per heavy atom. The molecule has 1 aromatic heterocycles. The molecule has 156 valence electrons. The topological polar surface area (TPSA) is 120 Å². The third kappa shape index (κ3) is 4.04. The normalized spacial score (nSPS) is 14.2. The third-order valence-corrected chi connectivity index (χ3v) is 5.85. The number of methoxy groups -OCH3 is 1. The molecule has 0 bridgehead atoms. The van der Waals surface area contributed by atoms with Crippen molar-refractivity contribution >= 4 is 33.4 Å². The largest absolute Gasteiger partial charge is 0.495 e. The van der Waals surface area contributed by atoms with E-state index in [9.17, 15) is 18.0 Å². The van der Waals surface area contributed by atoms with Crippen LogP contribution in [-0.4, -0.2) is 50.3 Å². The lowest BCUT2D eigenvalue weighted by molar-refractivity contribution is -0.117. The number of carbonyl (C=O) groups is 2. The number of benzene rings is 1. The predicted octanol–water partition coefficient (Wildman–Crippen LogP) is 1.53. The van der Waals surface area contributed by atoms with E-state index in [1.807, 2.05) is 0 Å². The number of esters is 1. The first kappa shape index (κ1) is 20.6. The van der Waals surface area contributed by atoms with Crippen LogP contribution in [0.5, 0.6) is 5.75 Å². The molecule has 11 heteroatoms. The van der Waals surface area contributed by atoms with Gasteiger partial charge in [0.15, 0.2) is 5.82 Å². The smallest absolute Gasteiger partial charge is 0.343 e.